The first-order valence-corrected chi connectivity index (χ1v) is 6.97. The maximum atomic E-state index is 11.7. The van der Waals surface area contributed by atoms with E-state index in [9.17, 15) is 4.79 Å². The van der Waals surface area contributed by atoms with E-state index >= 15 is 0 Å². The molecule has 96 valence electrons. The number of aryl methyl sites for hydroxylation is 1. The molecule has 0 aliphatic carbocycles. The second-order valence-electron chi connectivity index (χ2n) is 4.26. The van der Waals surface area contributed by atoms with Crippen LogP contribution < -0.4 is 0 Å². The Bertz CT molecular complexity index is 375. The number of hydrogen-bond donors (Lipinski definition) is 0. The van der Waals surface area contributed by atoms with Gasteiger partial charge in [0.15, 0.2) is 0 Å². The third-order valence-corrected chi connectivity index (χ3v) is 3.63. The average molecular weight is 256 g/mol. The van der Waals surface area contributed by atoms with E-state index in [0.717, 1.165) is 17.2 Å². The lowest BCUT2D eigenvalue weighted by Gasteiger charge is -2.07. The molecule has 17 heavy (non-hydrogen) atoms. The monoisotopic (exact) mass is 256 g/mol. The number of ether oxygens (including phenoxy) is 1. The standard InChI is InChI=1S/C12H20N2O2S/c1-5-16-12(15)10-6-13-14(4)11(10)8-17-7-9(2)3/h6,9H,5,7-8H2,1-4H3. The van der Waals surface area contributed by atoms with Crippen molar-refractivity contribution >= 4 is 17.7 Å². The van der Waals surface area contributed by atoms with E-state index in [0.29, 0.717) is 18.1 Å². The van der Waals surface area contributed by atoms with E-state index in [4.69, 9.17) is 4.74 Å². The Morgan fingerprint density at radius 1 is 1.59 bits per heavy atom. The van der Waals surface area contributed by atoms with Crippen LogP contribution in [0.15, 0.2) is 6.20 Å². The molecule has 1 aromatic rings. The summed E-state index contributed by atoms with van der Waals surface area (Å²) in [6, 6.07) is 0. The largest absolute Gasteiger partial charge is 0.462 e. The van der Waals surface area contributed by atoms with Crippen LogP contribution in [0.25, 0.3) is 0 Å². The number of thioether (sulfide) groups is 1. The minimum absolute atomic E-state index is 0.277. The van der Waals surface area contributed by atoms with Gasteiger partial charge in [-0.15, -0.1) is 0 Å². The summed E-state index contributed by atoms with van der Waals surface area (Å²) in [6.45, 7) is 6.57. The first-order chi connectivity index (χ1) is 8.06. The van der Waals surface area contributed by atoms with Gasteiger partial charge >= 0.3 is 5.97 Å². The number of esters is 1. The van der Waals surface area contributed by atoms with Gasteiger partial charge in [0, 0.05) is 12.8 Å². The quantitative estimate of drug-likeness (QED) is 0.733. The van der Waals surface area contributed by atoms with Crippen LogP contribution in [0.3, 0.4) is 0 Å². The number of aromatic nitrogens is 2. The van der Waals surface area contributed by atoms with Crippen molar-refractivity contribution in [2.75, 3.05) is 12.4 Å². The third kappa shape index (κ3) is 4.07. The normalized spacial score (nSPS) is 10.9. The topological polar surface area (TPSA) is 44.1 Å². The number of carbonyl (C=O) groups is 1. The molecule has 4 nitrogen and oxygen atoms in total. The van der Waals surface area contributed by atoms with Crippen LogP contribution in [-0.4, -0.2) is 28.1 Å². The van der Waals surface area contributed by atoms with E-state index in [2.05, 4.69) is 18.9 Å². The lowest BCUT2D eigenvalue weighted by molar-refractivity contribution is 0.0525. The summed E-state index contributed by atoms with van der Waals surface area (Å²) in [5, 5.41) is 4.12. The lowest BCUT2D eigenvalue weighted by atomic mass is 10.2. The number of nitrogens with zero attached hydrogens (tertiary/aromatic N) is 2. The molecule has 0 aliphatic heterocycles. The van der Waals surface area contributed by atoms with E-state index in [-0.39, 0.29) is 5.97 Å². The van der Waals surface area contributed by atoms with Crippen LogP contribution in [0.4, 0.5) is 0 Å². The molecule has 0 bridgehead atoms. The summed E-state index contributed by atoms with van der Waals surface area (Å²) in [6.07, 6.45) is 1.59. The fourth-order valence-corrected chi connectivity index (χ4v) is 2.53. The smallest absolute Gasteiger partial charge is 0.341 e. The highest BCUT2D eigenvalue weighted by Gasteiger charge is 2.16. The summed E-state index contributed by atoms with van der Waals surface area (Å²) in [5.74, 6) is 2.25. The van der Waals surface area contributed by atoms with Crippen LogP contribution in [0.1, 0.15) is 36.8 Å². The summed E-state index contributed by atoms with van der Waals surface area (Å²) in [5.41, 5.74) is 1.53. The second-order valence-corrected chi connectivity index (χ2v) is 5.29. The summed E-state index contributed by atoms with van der Waals surface area (Å²) >= 11 is 1.81. The SMILES string of the molecule is CCOC(=O)c1cnn(C)c1CSCC(C)C. The Balaban J connectivity index is 2.69. The molecular weight excluding hydrogens is 236 g/mol. The van der Waals surface area contributed by atoms with Crippen LogP contribution in [0.5, 0.6) is 0 Å². The first-order valence-electron chi connectivity index (χ1n) is 5.82. The first kappa shape index (κ1) is 14.1. The fourth-order valence-electron chi connectivity index (χ4n) is 1.40. The Kier molecular flexibility index (Phi) is 5.55. The van der Waals surface area contributed by atoms with Gasteiger partial charge in [-0.1, -0.05) is 13.8 Å². The van der Waals surface area contributed by atoms with Crippen molar-refractivity contribution in [1.29, 1.82) is 0 Å². The van der Waals surface area contributed by atoms with Gasteiger partial charge in [0.25, 0.3) is 0 Å². The van der Waals surface area contributed by atoms with Crippen molar-refractivity contribution in [3.8, 4) is 0 Å². The molecular formula is C12H20N2O2S. The molecule has 0 amide bonds. The highest BCUT2D eigenvalue weighted by Crippen LogP contribution is 2.18. The van der Waals surface area contributed by atoms with E-state index in [1.165, 1.54) is 0 Å². The maximum Gasteiger partial charge on any atom is 0.341 e. The summed E-state index contributed by atoms with van der Waals surface area (Å²) in [7, 11) is 1.86. The van der Waals surface area contributed by atoms with Crippen molar-refractivity contribution < 1.29 is 9.53 Å². The molecule has 0 N–H and O–H groups in total. The molecule has 0 saturated heterocycles. The van der Waals surface area contributed by atoms with Gasteiger partial charge in [0.05, 0.1) is 18.5 Å². The van der Waals surface area contributed by atoms with Crippen molar-refractivity contribution in [3.63, 3.8) is 0 Å². The van der Waals surface area contributed by atoms with Crippen LogP contribution in [0, 0.1) is 5.92 Å². The van der Waals surface area contributed by atoms with Gasteiger partial charge in [-0.3, -0.25) is 4.68 Å². The molecule has 1 heterocycles. The molecule has 0 aromatic carbocycles. The van der Waals surface area contributed by atoms with Gasteiger partial charge in [-0.25, -0.2) is 4.79 Å². The zero-order valence-corrected chi connectivity index (χ0v) is 11.7. The van der Waals surface area contributed by atoms with Crippen molar-refractivity contribution in [2.24, 2.45) is 13.0 Å². The summed E-state index contributed by atoms with van der Waals surface area (Å²) < 4.78 is 6.76. The second kappa shape index (κ2) is 6.69. The van der Waals surface area contributed by atoms with Crippen LogP contribution in [0.2, 0.25) is 0 Å². The minimum Gasteiger partial charge on any atom is -0.462 e. The van der Waals surface area contributed by atoms with Crippen molar-refractivity contribution in [2.45, 2.75) is 26.5 Å². The molecule has 0 fully saturated rings. The van der Waals surface area contributed by atoms with Crippen LogP contribution in [-0.2, 0) is 17.5 Å². The molecule has 0 unspecified atom stereocenters. The van der Waals surface area contributed by atoms with Crippen molar-refractivity contribution in [3.05, 3.63) is 17.5 Å². The van der Waals surface area contributed by atoms with E-state index in [1.54, 1.807) is 17.8 Å². The Morgan fingerprint density at radius 3 is 2.88 bits per heavy atom. The zero-order valence-electron chi connectivity index (χ0n) is 10.9. The Hall–Kier alpha value is -0.970. The molecule has 0 saturated carbocycles. The molecule has 1 aromatic heterocycles. The van der Waals surface area contributed by atoms with Gasteiger partial charge < -0.3 is 4.74 Å². The maximum absolute atomic E-state index is 11.7. The molecule has 1 rings (SSSR count). The van der Waals surface area contributed by atoms with Gasteiger partial charge in [0.1, 0.15) is 5.56 Å². The van der Waals surface area contributed by atoms with E-state index in [1.807, 2.05) is 18.8 Å². The Morgan fingerprint density at radius 2 is 2.29 bits per heavy atom. The van der Waals surface area contributed by atoms with Crippen LogP contribution >= 0.6 is 11.8 Å². The predicted octanol–water partition coefficient (Wildman–Crippen LogP) is 2.49. The Labute approximate surface area is 107 Å². The predicted molar refractivity (Wildman–Crippen MR) is 70.2 cm³/mol. The molecule has 0 radical (unpaired) electrons. The summed E-state index contributed by atoms with van der Waals surface area (Å²) in [4.78, 5) is 11.7. The van der Waals surface area contributed by atoms with Crippen molar-refractivity contribution in [1.82, 2.24) is 9.78 Å². The third-order valence-electron chi connectivity index (χ3n) is 2.25. The number of hydrogen-bond acceptors (Lipinski definition) is 4. The average Bonchev–Trinajstić information content (AvgIpc) is 2.60. The van der Waals surface area contributed by atoms with E-state index < -0.39 is 0 Å². The molecule has 5 heteroatoms. The zero-order chi connectivity index (χ0) is 12.8. The fraction of sp³-hybridized carbons (Fsp3) is 0.667. The lowest BCUT2D eigenvalue weighted by Crippen LogP contribution is -2.08. The number of rotatable bonds is 6. The minimum atomic E-state index is -0.277. The number of carbonyl (C=O) groups excluding carboxylic acids is 1. The van der Waals surface area contributed by atoms with Gasteiger partial charge in [0.2, 0.25) is 0 Å². The highest BCUT2D eigenvalue weighted by molar-refractivity contribution is 7.98. The van der Waals surface area contributed by atoms with Gasteiger partial charge in [-0.2, -0.15) is 16.9 Å². The molecule has 0 atom stereocenters. The molecule has 0 spiro atoms. The van der Waals surface area contributed by atoms with Gasteiger partial charge in [-0.05, 0) is 18.6 Å². The molecule has 0 aliphatic rings. The highest BCUT2D eigenvalue weighted by atomic mass is 32.2.